The summed E-state index contributed by atoms with van der Waals surface area (Å²) in [5, 5.41) is 0.545. The second-order valence-corrected chi connectivity index (χ2v) is 6.65. The van der Waals surface area contributed by atoms with Crippen molar-refractivity contribution in [2.24, 2.45) is 0 Å². The lowest BCUT2D eigenvalue weighted by Gasteiger charge is -2.21. The molecule has 3 rings (SSSR count). The van der Waals surface area contributed by atoms with Crippen molar-refractivity contribution in [3.05, 3.63) is 26.6 Å². The number of terminal acetylenes is 1. The molecule has 1 atom stereocenters. The minimum atomic E-state index is -0.371. The molecule has 2 aromatic rings. The highest BCUT2D eigenvalue weighted by Crippen LogP contribution is 2.41. The number of esters is 1. The normalized spacial score (nSPS) is 16.8. The van der Waals surface area contributed by atoms with Gasteiger partial charge in [0.1, 0.15) is 10.7 Å². The molecule has 0 saturated heterocycles. The summed E-state index contributed by atoms with van der Waals surface area (Å²) in [6.07, 6.45) is 7.86. The first-order chi connectivity index (χ1) is 11.1. The van der Waals surface area contributed by atoms with Crippen molar-refractivity contribution in [1.29, 1.82) is 0 Å². The van der Waals surface area contributed by atoms with E-state index in [1.165, 1.54) is 15.9 Å². The number of ether oxygens (including phenoxy) is 1. The van der Waals surface area contributed by atoms with Gasteiger partial charge in [-0.3, -0.25) is 14.2 Å². The molecule has 0 aromatic carbocycles. The molecule has 1 aliphatic rings. The fourth-order valence-electron chi connectivity index (χ4n) is 3.17. The molecule has 0 N–H and O–H groups in total. The van der Waals surface area contributed by atoms with Crippen LogP contribution in [-0.2, 0) is 22.5 Å². The molecular formula is C17H18N2O3S. The van der Waals surface area contributed by atoms with Gasteiger partial charge >= 0.3 is 5.97 Å². The Hall–Kier alpha value is -2.13. The number of fused-ring (bicyclic) bond motifs is 3. The summed E-state index contributed by atoms with van der Waals surface area (Å²) in [6.45, 7) is 4.09. The summed E-state index contributed by atoms with van der Waals surface area (Å²) >= 11 is 1.51. The van der Waals surface area contributed by atoms with Gasteiger partial charge in [-0.05, 0) is 38.7 Å². The van der Waals surface area contributed by atoms with E-state index in [2.05, 4.69) is 10.9 Å². The number of aryl methyl sites for hydroxylation is 2. The monoisotopic (exact) mass is 330 g/mol. The molecule has 0 amide bonds. The Morgan fingerprint density at radius 3 is 3.04 bits per heavy atom. The lowest BCUT2D eigenvalue weighted by Crippen LogP contribution is -2.26. The van der Waals surface area contributed by atoms with Gasteiger partial charge in [0, 0.05) is 4.88 Å². The van der Waals surface area contributed by atoms with Crippen LogP contribution < -0.4 is 5.56 Å². The van der Waals surface area contributed by atoms with Gasteiger partial charge in [0.15, 0.2) is 0 Å². The molecular weight excluding hydrogens is 312 g/mol. The Bertz CT molecular complexity index is 873. The van der Waals surface area contributed by atoms with E-state index in [-0.39, 0.29) is 24.0 Å². The van der Waals surface area contributed by atoms with Gasteiger partial charge in [-0.25, -0.2) is 4.98 Å². The van der Waals surface area contributed by atoms with Crippen molar-refractivity contribution in [2.45, 2.75) is 45.6 Å². The van der Waals surface area contributed by atoms with Crippen molar-refractivity contribution in [3.63, 3.8) is 0 Å². The van der Waals surface area contributed by atoms with Crippen molar-refractivity contribution in [2.75, 3.05) is 6.61 Å². The zero-order valence-electron chi connectivity index (χ0n) is 13.2. The summed E-state index contributed by atoms with van der Waals surface area (Å²) in [4.78, 5) is 31.5. The fourth-order valence-corrected chi connectivity index (χ4v) is 4.48. The lowest BCUT2D eigenvalue weighted by molar-refractivity contribution is -0.145. The van der Waals surface area contributed by atoms with Crippen LogP contribution in [0, 0.1) is 19.3 Å². The van der Waals surface area contributed by atoms with Gasteiger partial charge in [0.25, 0.3) is 5.56 Å². The van der Waals surface area contributed by atoms with E-state index in [4.69, 9.17) is 11.2 Å². The molecule has 1 unspecified atom stereocenters. The van der Waals surface area contributed by atoms with E-state index in [1.54, 1.807) is 13.8 Å². The molecule has 1 aliphatic carbocycles. The molecule has 0 bridgehead atoms. The highest BCUT2D eigenvalue weighted by atomic mass is 32.1. The van der Waals surface area contributed by atoms with E-state index in [0.717, 1.165) is 23.3 Å². The average Bonchev–Trinajstić information content (AvgIpc) is 2.89. The molecule has 6 heteroatoms. The van der Waals surface area contributed by atoms with Gasteiger partial charge in [-0.2, -0.15) is 0 Å². The molecule has 0 saturated carbocycles. The first-order valence-electron chi connectivity index (χ1n) is 7.71. The van der Waals surface area contributed by atoms with Crippen LogP contribution in [0.1, 0.15) is 41.9 Å². The van der Waals surface area contributed by atoms with Crippen molar-refractivity contribution < 1.29 is 9.53 Å². The van der Waals surface area contributed by atoms with Gasteiger partial charge in [-0.15, -0.1) is 17.8 Å². The predicted octanol–water partition coefficient (Wildman–Crippen LogP) is 2.38. The molecule has 0 radical (unpaired) electrons. The number of thiophene rings is 1. The lowest BCUT2D eigenvalue weighted by atomic mass is 9.86. The smallest absolute Gasteiger partial charge is 0.313 e. The number of carbonyl (C=O) groups excluding carboxylic acids is 1. The second-order valence-electron chi connectivity index (χ2n) is 5.57. The van der Waals surface area contributed by atoms with Crippen molar-refractivity contribution >= 4 is 27.5 Å². The molecule has 2 heterocycles. The summed E-state index contributed by atoms with van der Waals surface area (Å²) in [6, 6.07) is 0. The van der Waals surface area contributed by atoms with Crippen LogP contribution in [0.15, 0.2) is 4.79 Å². The van der Waals surface area contributed by atoms with E-state index in [0.29, 0.717) is 29.1 Å². The molecule has 120 valence electrons. The maximum atomic E-state index is 12.9. The Labute approximate surface area is 138 Å². The van der Waals surface area contributed by atoms with Gasteiger partial charge in [0.2, 0.25) is 0 Å². The molecule has 23 heavy (non-hydrogen) atoms. The third-order valence-corrected chi connectivity index (χ3v) is 5.34. The Morgan fingerprint density at radius 2 is 2.35 bits per heavy atom. The summed E-state index contributed by atoms with van der Waals surface area (Å²) in [7, 11) is 0. The van der Waals surface area contributed by atoms with Gasteiger partial charge in [0.05, 0.1) is 24.5 Å². The van der Waals surface area contributed by atoms with Crippen LogP contribution in [0.25, 0.3) is 10.2 Å². The topological polar surface area (TPSA) is 61.2 Å². The van der Waals surface area contributed by atoms with Crippen LogP contribution in [0.2, 0.25) is 0 Å². The van der Waals surface area contributed by atoms with Gasteiger partial charge < -0.3 is 4.74 Å². The SMILES string of the molecule is C#CCn1c(C)nc2sc3c(c2c1=O)C(C(=O)OCC)CCC3. The van der Waals surface area contributed by atoms with Gasteiger partial charge in [-0.1, -0.05) is 5.92 Å². The van der Waals surface area contributed by atoms with Crippen LogP contribution in [0.4, 0.5) is 0 Å². The Balaban J connectivity index is 2.26. The third kappa shape index (κ3) is 2.55. The molecule has 2 aromatic heterocycles. The molecule has 0 spiro atoms. The summed E-state index contributed by atoms with van der Waals surface area (Å²) < 4.78 is 6.69. The minimum absolute atomic E-state index is 0.154. The van der Waals surface area contributed by atoms with Crippen LogP contribution >= 0.6 is 11.3 Å². The Kier molecular flexibility index (Phi) is 4.22. The minimum Gasteiger partial charge on any atom is -0.466 e. The largest absolute Gasteiger partial charge is 0.466 e. The van der Waals surface area contributed by atoms with Crippen molar-refractivity contribution in [3.8, 4) is 12.3 Å². The standard InChI is InChI=1S/C17H18N2O3S/c1-4-9-19-10(3)18-15-14(16(19)20)13-11(17(21)22-5-2)7-6-8-12(13)23-15/h1,11H,5-9H2,2-3H3. The number of carbonyl (C=O) groups is 1. The quantitative estimate of drug-likeness (QED) is 0.640. The van der Waals surface area contributed by atoms with Crippen molar-refractivity contribution in [1.82, 2.24) is 9.55 Å². The summed E-state index contributed by atoms with van der Waals surface area (Å²) in [5.41, 5.74) is 0.664. The van der Waals surface area contributed by atoms with Crippen LogP contribution in [0.5, 0.6) is 0 Å². The zero-order valence-corrected chi connectivity index (χ0v) is 14.0. The van der Waals surface area contributed by atoms with Crippen LogP contribution in [-0.4, -0.2) is 22.1 Å². The van der Waals surface area contributed by atoms with E-state index < -0.39 is 0 Å². The molecule has 0 aliphatic heterocycles. The highest BCUT2D eigenvalue weighted by Gasteiger charge is 2.33. The predicted molar refractivity (Wildman–Crippen MR) is 89.8 cm³/mol. The Morgan fingerprint density at radius 1 is 1.57 bits per heavy atom. The maximum Gasteiger partial charge on any atom is 0.313 e. The number of nitrogens with zero attached hydrogens (tertiary/aromatic N) is 2. The number of hydrogen-bond donors (Lipinski definition) is 0. The first-order valence-corrected chi connectivity index (χ1v) is 8.52. The number of aromatic nitrogens is 2. The van der Waals surface area contributed by atoms with E-state index in [9.17, 15) is 9.59 Å². The number of hydrogen-bond acceptors (Lipinski definition) is 5. The fraction of sp³-hybridized carbons (Fsp3) is 0.471. The highest BCUT2D eigenvalue weighted by molar-refractivity contribution is 7.18. The number of rotatable bonds is 3. The maximum absolute atomic E-state index is 12.9. The van der Waals surface area contributed by atoms with E-state index >= 15 is 0 Å². The van der Waals surface area contributed by atoms with Crippen LogP contribution in [0.3, 0.4) is 0 Å². The molecule has 5 nitrogen and oxygen atoms in total. The average molecular weight is 330 g/mol. The zero-order chi connectivity index (χ0) is 16.6. The first kappa shape index (κ1) is 15.8. The second kappa shape index (κ2) is 6.17. The summed E-state index contributed by atoms with van der Waals surface area (Å²) in [5.74, 6) is 2.47. The van der Waals surface area contributed by atoms with E-state index in [1.807, 2.05) is 0 Å². The molecule has 0 fully saturated rings. The third-order valence-electron chi connectivity index (χ3n) is 4.18.